The Morgan fingerprint density at radius 2 is 2.20 bits per heavy atom. The van der Waals surface area contributed by atoms with Gasteiger partial charge in [-0.25, -0.2) is 13.4 Å². The van der Waals surface area contributed by atoms with Gasteiger partial charge < -0.3 is 5.32 Å². The SMILES string of the molecule is CCNc1cc(S(=O)(=O)N2CCCC(C)(C)C2)ccn1. The number of rotatable bonds is 4. The molecule has 6 heteroatoms. The molecule has 1 fully saturated rings. The highest BCUT2D eigenvalue weighted by molar-refractivity contribution is 7.89. The van der Waals surface area contributed by atoms with Gasteiger partial charge >= 0.3 is 0 Å². The van der Waals surface area contributed by atoms with E-state index in [-0.39, 0.29) is 5.41 Å². The number of hydrogen-bond donors (Lipinski definition) is 1. The largest absolute Gasteiger partial charge is 0.370 e. The molecule has 0 radical (unpaired) electrons. The fourth-order valence-electron chi connectivity index (χ4n) is 2.57. The highest BCUT2D eigenvalue weighted by Crippen LogP contribution is 2.31. The number of anilines is 1. The molecule has 1 aromatic heterocycles. The molecule has 0 atom stereocenters. The predicted octanol–water partition coefficient (Wildman–Crippen LogP) is 2.32. The van der Waals surface area contributed by atoms with Gasteiger partial charge in [-0.2, -0.15) is 4.31 Å². The summed E-state index contributed by atoms with van der Waals surface area (Å²) in [6.45, 7) is 8.08. The smallest absolute Gasteiger partial charge is 0.243 e. The molecule has 0 bridgehead atoms. The van der Waals surface area contributed by atoms with Crippen LogP contribution in [0.1, 0.15) is 33.6 Å². The van der Waals surface area contributed by atoms with Gasteiger partial charge in [0.05, 0.1) is 4.90 Å². The van der Waals surface area contributed by atoms with E-state index in [0.29, 0.717) is 30.3 Å². The number of hydrogen-bond acceptors (Lipinski definition) is 4. The molecule has 1 N–H and O–H groups in total. The van der Waals surface area contributed by atoms with Gasteiger partial charge in [-0.15, -0.1) is 0 Å². The minimum Gasteiger partial charge on any atom is -0.370 e. The van der Waals surface area contributed by atoms with Gasteiger partial charge in [0.1, 0.15) is 5.82 Å². The average molecular weight is 297 g/mol. The first kappa shape index (κ1) is 15.3. The van der Waals surface area contributed by atoms with Crippen molar-refractivity contribution in [1.29, 1.82) is 0 Å². The number of aromatic nitrogens is 1. The third-order valence-electron chi connectivity index (χ3n) is 3.59. The molecule has 20 heavy (non-hydrogen) atoms. The molecule has 1 aliphatic rings. The van der Waals surface area contributed by atoms with Crippen molar-refractivity contribution in [3.63, 3.8) is 0 Å². The Kier molecular flexibility index (Phi) is 4.34. The molecule has 0 unspecified atom stereocenters. The highest BCUT2D eigenvalue weighted by Gasteiger charge is 2.34. The molecule has 0 amide bonds. The molecule has 1 aliphatic heterocycles. The van der Waals surface area contributed by atoms with Gasteiger partial charge in [-0.05, 0) is 31.2 Å². The lowest BCUT2D eigenvalue weighted by Crippen LogP contribution is -2.43. The Hall–Kier alpha value is -1.14. The zero-order chi connectivity index (χ0) is 14.8. The van der Waals surface area contributed by atoms with Crippen molar-refractivity contribution in [2.24, 2.45) is 5.41 Å². The standard InChI is InChI=1S/C14H23N3O2S/c1-4-15-13-10-12(6-8-16-13)20(18,19)17-9-5-7-14(2,3)11-17/h6,8,10H,4-5,7,9,11H2,1-3H3,(H,15,16). The van der Waals surface area contributed by atoms with Crippen LogP contribution in [-0.2, 0) is 10.0 Å². The summed E-state index contributed by atoms with van der Waals surface area (Å²) < 4.78 is 27.0. The van der Waals surface area contributed by atoms with Crippen LogP contribution >= 0.6 is 0 Å². The van der Waals surface area contributed by atoms with E-state index in [2.05, 4.69) is 24.1 Å². The molecule has 0 saturated carbocycles. The Morgan fingerprint density at radius 3 is 2.85 bits per heavy atom. The summed E-state index contributed by atoms with van der Waals surface area (Å²) >= 11 is 0. The number of nitrogens with one attached hydrogen (secondary N) is 1. The second-order valence-electron chi connectivity index (χ2n) is 6.01. The van der Waals surface area contributed by atoms with E-state index in [1.807, 2.05) is 6.92 Å². The maximum atomic E-state index is 12.7. The Balaban J connectivity index is 2.28. The lowest BCUT2D eigenvalue weighted by molar-refractivity contribution is 0.187. The summed E-state index contributed by atoms with van der Waals surface area (Å²) in [5.41, 5.74) is 0.0445. The average Bonchev–Trinajstić information content (AvgIpc) is 2.38. The third kappa shape index (κ3) is 3.30. The van der Waals surface area contributed by atoms with E-state index in [1.165, 1.54) is 0 Å². The van der Waals surface area contributed by atoms with Crippen molar-refractivity contribution in [2.75, 3.05) is 25.0 Å². The quantitative estimate of drug-likeness (QED) is 0.926. The maximum Gasteiger partial charge on any atom is 0.243 e. The van der Waals surface area contributed by atoms with Crippen LogP contribution in [0.5, 0.6) is 0 Å². The summed E-state index contributed by atoms with van der Waals surface area (Å²) in [5, 5.41) is 3.05. The van der Waals surface area contributed by atoms with Crippen LogP contribution in [0.3, 0.4) is 0 Å². The second kappa shape index (κ2) is 5.69. The Labute approximate surface area is 121 Å². The molecule has 2 rings (SSSR count). The van der Waals surface area contributed by atoms with Crippen LogP contribution in [0.4, 0.5) is 5.82 Å². The molecule has 2 heterocycles. The van der Waals surface area contributed by atoms with Crippen molar-refractivity contribution >= 4 is 15.8 Å². The Bertz CT molecular complexity index is 570. The first-order valence-electron chi connectivity index (χ1n) is 7.05. The summed E-state index contributed by atoms with van der Waals surface area (Å²) in [7, 11) is -3.42. The molecule has 0 aromatic carbocycles. The number of pyridine rings is 1. The minimum absolute atomic E-state index is 0.0445. The summed E-state index contributed by atoms with van der Waals surface area (Å²) in [6, 6.07) is 3.18. The second-order valence-corrected chi connectivity index (χ2v) is 7.95. The number of piperidine rings is 1. The summed E-state index contributed by atoms with van der Waals surface area (Å²) in [4.78, 5) is 4.44. The van der Waals surface area contributed by atoms with Gasteiger partial charge in [-0.1, -0.05) is 13.8 Å². The number of nitrogens with zero attached hydrogens (tertiary/aromatic N) is 2. The van der Waals surface area contributed by atoms with Crippen molar-refractivity contribution in [3.8, 4) is 0 Å². The van der Waals surface area contributed by atoms with E-state index in [1.54, 1.807) is 22.6 Å². The monoisotopic (exact) mass is 297 g/mol. The van der Waals surface area contributed by atoms with Crippen molar-refractivity contribution in [3.05, 3.63) is 18.3 Å². The summed E-state index contributed by atoms with van der Waals surface area (Å²) in [6.07, 6.45) is 3.52. The van der Waals surface area contributed by atoms with Crippen molar-refractivity contribution < 1.29 is 8.42 Å². The fourth-order valence-corrected chi connectivity index (χ4v) is 4.25. The molecular weight excluding hydrogens is 274 g/mol. The predicted molar refractivity (Wildman–Crippen MR) is 80.2 cm³/mol. The molecule has 112 valence electrons. The number of sulfonamides is 1. The third-order valence-corrected chi connectivity index (χ3v) is 5.43. The van der Waals surface area contributed by atoms with Crippen LogP contribution in [0, 0.1) is 5.41 Å². The van der Waals surface area contributed by atoms with E-state index in [0.717, 1.165) is 12.8 Å². The lowest BCUT2D eigenvalue weighted by Gasteiger charge is -2.37. The van der Waals surface area contributed by atoms with E-state index >= 15 is 0 Å². The van der Waals surface area contributed by atoms with Crippen molar-refractivity contribution in [1.82, 2.24) is 9.29 Å². The topological polar surface area (TPSA) is 62.3 Å². The van der Waals surface area contributed by atoms with Gasteiger partial charge in [0.25, 0.3) is 0 Å². The van der Waals surface area contributed by atoms with E-state index in [9.17, 15) is 8.42 Å². The van der Waals surface area contributed by atoms with Crippen LogP contribution in [0.25, 0.3) is 0 Å². The molecule has 0 spiro atoms. The maximum absolute atomic E-state index is 12.7. The van der Waals surface area contributed by atoms with Gasteiger partial charge in [0.15, 0.2) is 0 Å². The van der Waals surface area contributed by atoms with Gasteiger partial charge in [0, 0.05) is 31.9 Å². The molecule has 1 aromatic rings. The van der Waals surface area contributed by atoms with Gasteiger partial charge in [-0.3, -0.25) is 0 Å². The van der Waals surface area contributed by atoms with Gasteiger partial charge in [0.2, 0.25) is 10.0 Å². The molecule has 0 aliphatic carbocycles. The molecule has 1 saturated heterocycles. The van der Waals surface area contributed by atoms with E-state index in [4.69, 9.17) is 0 Å². The Morgan fingerprint density at radius 1 is 1.45 bits per heavy atom. The summed E-state index contributed by atoms with van der Waals surface area (Å²) in [5.74, 6) is 0.602. The normalized spacial score (nSPS) is 19.8. The zero-order valence-corrected chi connectivity index (χ0v) is 13.2. The first-order chi connectivity index (χ1) is 9.35. The minimum atomic E-state index is -3.42. The van der Waals surface area contributed by atoms with Crippen LogP contribution < -0.4 is 5.32 Å². The zero-order valence-electron chi connectivity index (χ0n) is 12.4. The molecular formula is C14H23N3O2S. The van der Waals surface area contributed by atoms with Crippen LogP contribution in [0.2, 0.25) is 0 Å². The molecule has 5 nitrogen and oxygen atoms in total. The van der Waals surface area contributed by atoms with E-state index < -0.39 is 10.0 Å². The van der Waals surface area contributed by atoms with Crippen LogP contribution in [-0.4, -0.2) is 37.3 Å². The lowest BCUT2D eigenvalue weighted by atomic mass is 9.85. The van der Waals surface area contributed by atoms with Crippen molar-refractivity contribution in [2.45, 2.75) is 38.5 Å². The van der Waals surface area contributed by atoms with Crippen LogP contribution in [0.15, 0.2) is 23.2 Å². The first-order valence-corrected chi connectivity index (χ1v) is 8.49. The fraction of sp³-hybridized carbons (Fsp3) is 0.643. The highest BCUT2D eigenvalue weighted by atomic mass is 32.2.